The maximum Gasteiger partial charge on any atom is 0.147 e. The van der Waals surface area contributed by atoms with Gasteiger partial charge in [0.2, 0.25) is 0 Å². The molecule has 0 spiro atoms. The predicted molar refractivity (Wildman–Crippen MR) is 78.1 cm³/mol. The van der Waals surface area contributed by atoms with Gasteiger partial charge in [0.25, 0.3) is 0 Å². The molecule has 1 aromatic rings. The van der Waals surface area contributed by atoms with Crippen LogP contribution in [0.1, 0.15) is 37.2 Å². The predicted octanol–water partition coefficient (Wildman–Crippen LogP) is 0.944. The van der Waals surface area contributed by atoms with Crippen molar-refractivity contribution in [2.75, 3.05) is 18.6 Å². The van der Waals surface area contributed by atoms with Crippen LogP contribution in [0.3, 0.4) is 0 Å². The minimum absolute atomic E-state index is 0.212. The van der Waals surface area contributed by atoms with Crippen LogP contribution in [0.25, 0.3) is 0 Å². The van der Waals surface area contributed by atoms with E-state index in [0.29, 0.717) is 19.5 Å². The number of aromatic nitrogens is 2. The highest BCUT2D eigenvalue weighted by Gasteiger charge is 2.14. The fourth-order valence-corrected chi connectivity index (χ4v) is 3.02. The number of hydrogen-bond acceptors (Lipinski definition) is 4. The van der Waals surface area contributed by atoms with Crippen molar-refractivity contribution in [3.63, 3.8) is 0 Å². The monoisotopic (exact) mass is 287 g/mol. The van der Waals surface area contributed by atoms with Crippen LogP contribution in [0, 0.1) is 0 Å². The Morgan fingerprint density at radius 1 is 1.26 bits per heavy atom. The van der Waals surface area contributed by atoms with E-state index in [1.165, 1.54) is 17.5 Å². The van der Waals surface area contributed by atoms with Crippen LogP contribution >= 0.6 is 0 Å². The zero-order valence-electron chi connectivity index (χ0n) is 12.1. The van der Waals surface area contributed by atoms with Gasteiger partial charge < -0.3 is 5.73 Å². The summed E-state index contributed by atoms with van der Waals surface area (Å²) >= 11 is 0. The number of nitrogens with zero attached hydrogens (tertiary/aromatic N) is 2. The maximum absolute atomic E-state index is 11.2. The van der Waals surface area contributed by atoms with E-state index in [0.717, 1.165) is 25.0 Å². The van der Waals surface area contributed by atoms with Crippen LogP contribution in [-0.2, 0) is 35.6 Å². The lowest BCUT2D eigenvalue weighted by Crippen LogP contribution is -2.11. The molecule has 19 heavy (non-hydrogen) atoms. The number of rotatable bonds is 8. The fourth-order valence-electron chi connectivity index (χ4n) is 2.36. The second-order valence-corrected chi connectivity index (χ2v) is 7.08. The number of hydrogen-bond donors (Lipinski definition) is 1. The Bertz CT molecular complexity index is 506. The molecule has 0 fully saturated rings. The van der Waals surface area contributed by atoms with Crippen LogP contribution in [0.5, 0.6) is 0 Å². The fraction of sp³-hybridized carbons (Fsp3) is 0.769. The van der Waals surface area contributed by atoms with Gasteiger partial charge in [0.05, 0.1) is 11.4 Å². The summed E-state index contributed by atoms with van der Waals surface area (Å²) in [7, 11) is -2.89. The highest BCUT2D eigenvalue weighted by Crippen LogP contribution is 2.17. The zero-order chi connectivity index (χ0) is 14.5. The first-order chi connectivity index (χ1) is 8.92. The second-order valence-electron chi connectivity index (χ2n) is 4.82. The van der Waals surface area contributed by atoms with Gasteiger partial charge >= 0.3 is 0 Å². The largest absolute Gasteiger partial charge is 0.330 e. The molecule has 0 aliphatic heterocycles. The van der Waals surface area contributed by atoms with Crippen molar-refractivity contribution < 1.29 is 8.42 Å². The lowest BCUT2D eigenvalue weighted by atomic mass is 10.1. The molecule has 0 amide bonds. The van der Waals surface area contributed by atoms with Gasteiger partial charge in [0.15, 0.2) is 0 Å². The summed E-state index contributed by atoms with van der Waals surface area (Å²) in [6.45, 7) is 5.47. The van der Waals surface area contributed by atoms with Gasteiger partial charge in [-0.15, -0.1) is 0 Å². The summed E-state index contributed by atoms with van der Waals surface area (Å²) in [5.41, 5.74) is 9.22. The van der Waals surface area contributed by atoms with Gasteiger partial charge in [-0.25, -0.2) is 8.42 Å². The van der Waals surface area contributed by atoms with E-state index in [1.54, 1.807) is 0 Å². The summed E-state index contributed by atoms with van der Waals surface area (Å²) in [5.74, 6) is 0.212. The van der Waals surface area contributed by atoms with E-state index in [1.807, 2.05) is 4.68 Å². The molecule has 0 unspecified atom stereocenters. The molecule has 0 saturated heterocycles. The maximum atomic E-state index is 11.2. The molecular formula is C13H25N3O2S. The first kappa shape index (κ1) is 16.2. The highest BCUT2D eigenvalue weighted by molar-refractivity contribution is 7.90. The topological polar surface area (TPSA) is 78.0 Å². The molecule has 1 heterocycles. The molecular weight excluding hydrogens is 262 g/mol. The average molecular weight is 287 g/mol. The summed E-state index contributed by atoms with van der Waals surface area (Å²) in [4.78, 5) is 0. The van der Waals surface area contributed by atoms with Crippen molar-refractivity contribution in [2.24, 2.45) is 5.73 Å². The van der Waals surface area contributed by atoms with Gasteiger partial charge in [-0.1, -0.05) is 13.8 Å². The second kappa shape index (κ2) is 7.05. The highest BCUT2D eigenvalue weighted by atomic mass is 32.2. The van der Waals surface area contributed by atoms with E-state index in [2.05, 4.69) is 18.9 Å². The van der Waals surface area contributed by atoms with Crippen molar-refractivity contribution in [1.82, 2.24) is 9.78 Å². The average Bonchev–Trinajstić information content (AvgIpc) is 2.65. The summed E-state index contributed by atoms with van der Waals surface area (Å²) in [6.07, 6.45) is 4.52. The van der Waals surface area contributed by atoms with Gasteiger partial charge in [-0.3, -0.25) is 4.68 Å². The van der Waals surface area contributed by atoms with Crippen molar-refractivity contribution in [2.45, 2.75) is 46.1 Å². The molecule has 5 nitrogen and oxygen atoms in total. The van der Waals surface area contributed by atoms with E-state index in [4.69, 9.17) is 5.73 Å². The molecule has 0 saturated carbocycles. The normalized spacial score (nSPS) is 12.0. The van der Waals surface area contributed by atoms with Crippen molar-refractivity contribution >= 4 is 9.84 Å². The van der Waals surface area contributed by atoms with Gasteiger partial charge in [-0.05, 0) is 37.8 Å². The third-order valence-electron chi connectivity index (χ3n) is 3.20. The van der Waals surface area contributed by atoms with Crippen LogP contribution in [0.2, 0.25) is 0 Å². The Morgan fingerprint density at radius 3 is 2.42 bits per heavy atom. The summed E-state index contributed by atoms with van der Waals surface area (Å²) in [5, 5.41) is 4.60. The number of sulfone groups is 1. The molecule has 0 aromatic carbocycles. The molecule has 110 valence electrons. The van der Waals surface area contributed by atoms with Gasteiger partial charge in [-0.2, -0.15) is 5.10 Å². The first-order valence-electron chi connectivity index (χ1n) is 6.88. The molecule has 0 atom stereocenters. The standard InChI is InChI=1S/C13H25N3O2S/c1-4-12-11(7-8-14)13(5-2)16(15-12)9-6-10-19(3,17)18/h4-10,14H2,1-3H3. The summed E-state index contributed by atoms with van der Waals surface area (Å²) < 4.78 is 24.3. The molecule has 0 bridgehead atoms. The minimum atomic E-state index is -2.89. The van der Waals surface area contributed by atoms with E-state index in [9.17, 15) is 8.42 Å². The molecule has 0 aliphatic carbocycles. The molecule has 0 radical (unpaired) electrons. The Kier molecular flexibility index (Phi) is 6.00. The lowest BCUT2D eigenvalue weighted by Gasteiger charge is -2.07. The number of nitrogens with two attached hydrogens (primary N) is 1. The van der Waals surface area contributed by atoms with E-state index < -0.39 is 9.84 Å². The van der Waals surface area contributed by atoms with Crippen LogP contribution in [0.15, 0.2) is 0 Å². The first-order valence-corrected chi connectivity index (χ1v) is 8.94. The lowest BCUT2D eigenvalue weighted by molar-refractivity contribution is 0.558. The summed E-state index contributed by atoms with van der Waals surface area (Å²) in [6, 6.07) is 0. The Hall–Kier alpha value is -0.880. The van der Waals surface area contributed by atoms with Crippen LogP contribution in [-0.4, -0.2) is 36.8 Å². The SMILES string of the molecule is CCc1nn(CCCS(C)(=O)=O)c(CC)c1CCN. The minimum Gasteiger partial charge on any atom is -0.330 e. The Labute approximate surface area is 116 Å². The van der Waals surface area contributed by atoms with Gasteiger partial charge in [0.1, 0.15) is 9.84 Å². The third kappa shape index (κ3) is 4.62. The third-order valence-corrected chi connectivity index (χ3v) is 4.23. The molecule has 1 rings (SSSR count). The van der Waals surface area contributed by atoms with Crippen LogP contribution in [0.4, 0.5) is 0 Å². The molecule has 6 heteroatoms. The molecule has 0 aliphatic rings. The Balaban J connectivity index is 2.88. The molecule has 1 aromatic heterocycles. The quantitative estimate of drug-likeness (QED) is 0.772. The van der Waals surface area contributed by atoms with Crippen molar-refractivity contribution in [3.8, 4) is 0 Å². The smallest absolute Gasteiger partial charge is 0.147 e. The van der Waals surface area contributed by atoms with E-state index >= 15 is 0 Å². The number of aryl methyl sites for hydroxylation is 2. The van der Waals surface area contributed by atoms with Crippen molar-refractivity contribution in [3.05, 3.63) is 17.0 Å². The zero-order valence-corrected chi connectivity index (χ0v) is 13.0. The van der Waals surface area contributed by atoms with Gasteiger partial charge in [0, 0.05) is 18.5 Å². The van der Waals surface area contributed by atoms with E-state index in [-0.39, 0.29) is 5.75 Å². The van der Waals surface area contributed by atoms with Crippen molar-refractivity contribution in [1.29, 1.82) is 0 Å². The molecule has 2 N–H and O–H groups in total. The Morgan fingerprint density at radius 2 is 1.95 bits per heavy atom. The van der Waals surface area contributed by atoms with Crippen LogP contribution < -0.4 is 5.73 Å².